The first-order valence-corrected chi connectivity index (χ1v) is 9.63. The second-order valence-electron chi connectivity index (χ2n) is 7.33. The molecule has 1 aromatic heterocycles. The van der Waals surface area contributed by atoms with Gasteiger partial charge >= 0.3 is 0 Å². The van der Waals surface area contributed by atoms with Crippen molar-refractivity contribution in [2.75, 3.05) is 20.3 Å². The molecule has 3 heterocycles. The third kappa shape index (κ3) is 3.46. The average Bonchev–Trinajstić information content (AvgIpc) is 3.37. The van der Waals surface area contributed by atoms with Gasteiger partial charge in [-0.25, -0.2) is 4.39 Å². The first-order chi connectivity index (χ1) is 14.0. The van der Waals surface area contributed by atoms with E-state index in [1.807, 2.05) is 6.92 Å². The van der Waals surface area contributed by atoms with Crippen LogP contribution in [-0.4, -0.2) is 41.9 Å². The number of benzene rings is 1. The number of furan rings is 1. The Hall–Kier alpha value is -2.93. The lowest BCUT2D eigenvalue weighted by molar-refractivity contribution is -0.148. The van der Waals surface area contributed by atoms with Crippen molar-refractivity contribution in [1.82, 2.24) is 9.80 Å². The van der Waals surface area contributed by atoms with E-state index in [9.17, 15) is 14.0 Å². The number of carbonyl (C=O) groups is 2. The summed E-state index contributed by atoms with van der Waals surface area (Å²) < 4.78 is 24.7. The van der Waals surface area contributed by atoms with E-state index in [2.05, 4.69) is 0 Å². The highest BCUT2D eigenvalue weighted by Gasteiger charge is 2.41. The summed E-state index contributed by atoms with van der Waals surface area (Å²) in [6.07, 6.45) is 3.16. The molecule has 1 fully saturated rings. The summed E-state index contributed by atoms with van der Waals surface area (Å²) >= 11 is 0. The Kier molecular flexibility index (Phi) is 5.24. The van der Waals surface area contributed by atoms with Crippen molar-refractivity contribution in [2.24, 2.45) is 0 Å². The Morgan fingerprint density at radius 3 is 2.93 bits per heavy atom. The fourth-order valence-corrected chi connectivity index (χ4v) is 4.25. The molecule has 0 radical (unpaired) electrons. The number of methoxy groups -OCH3 is 1. The summed E-state index contributed by atoms with van der Waals surface area (Å²) in [5, 5.41) is 0. The van der Waals surface area contributed by atoms with Gasteiger partial charge in [-0.2, -0.15) is 0 Å². The number of rotatable bonds is 5. The Morgan fingerprint density at radius 1 is 1.38 bits per heavy atom. The topological polar surface area (TPSA) is 63.0 Å². The predicted octanol–water partition coefficient (Wildman–Crippen LogP) is 3.50. The van der Waals surface area contributed by atoms with Crippen LogP contribution < -0.4 is 0 Å². The first-order valence-electron chi connectivity index (χ1n) is 9.63. The quantitative estimate of drug-likeness (QED) is 0.773. The van der Waals surface area contributed by atoms with Crippen molar-refractivity contribution in [2.45, 2.75) is 32.4 Å². The molecule has 1 saturated heterocycles. The molecular weight excluding hydrogens is 375 g/mol. The van der Waals surface area contributed by atoms with Crippen molar-refractivity contribution in [3.8, 4) is 0 Å². The van der Waals surface area contributed by atoms with Gasteiger partial charge in [0.1, 0.15) is 24.2 Å². The maximum Gasteiger partial charge on any atom is 0.254 e. The Labute approximate surface area is 168 Å². The van der Waals surface area contributed by atoms with Crippen LogP contribution in [0.5, 0.6) is 0 Å². The van der Waals surface area contributed by atoms with Gasteiger partial charge in [-0.3, -0.25) is 9.59 Å². The van der Waals surface area contributed by atoms with Crippen LogP contribution in [0.3, 0.4) is 0 Å². The summed E-state index contributed by atoms with van der Waals surface area (Å²) in [6.45, 7) is 2.44. The second kappa shape index (κ2) is 7.83. The zero-order valence-electron chi connectivity index (χ0n) is 16.5. The summed E-state index contributed by atoms with van der Waals surface area (Å²) in [6, 6.07) is 6.95. The summed E-state index contributed by atoms with van der Waals surface area (Å²) in [4.78, 5) is 29.8. The Balaban J connectivity index is 1.87. The van der Waals surface area contributed by atoms with Crippen LogP contribution in [-0.2, 0) is 20.9 Å². The minimum absolute atomic E-state index is 0.0871. The van der Waals surface area contributed by atoms with E-state index in [-0.39, 0.29) is 25.0 Å². The van der Waals surface area contributed by atoms with Gasteiger partial charge in [0.2, 0.25) is 5.91 Å². The number of halogens is 1. The van der Waals surface area contributed by atoms with Gasteiger partial charge in [-0.05, 0) is 60.7 Å². The molecule has 0 saturated carbocycles. The minimum Gasteiger partial charge on any atom is -0.467 e. The molecular formula is C22H23FN2O4. The highest BCUT2D eigenvalue weighted by atomic mass is 19.1. The number of allylic oxidation sites excluding steroid dienone is 2. The van der Waals surface area contributed by atoms with Crippen LogP contribution >= 0.6 is 0 Å². The average molecular weight is 398 g/mol. The van der Waals surface area contributed by atoms with E-state index in [0.717, 1.165) is 29.7 Å². The number of amides is 2. The van der Waals surface area contributed by atoms with Gasteiger partial charge in [0.05, 0.1) is 12.8 Å². The van der Waals surface area contributed by atoms with Crippen molar-refractivity contribution in [3.05, 3.63) is 65.0 Å². The van der Waals surface area contributed by atoms with Crippen LogP contribution in [0.1, 0.15) is 42.7 Å². The lowest BCUT2D eigenvalue weighted by Gasteiger charge is -2.32. The van der Waals surface area contributed by atoms with Crippen molar-refractivity contribution < 1.29 is 23.1 Å². The molecule has 2 amide bonds. The fourth-order valence-electron chi connectivity index (χ4n) is 4.25. The number of hydrogen-bond donors (Lipinski definition) is 0. The zero-order chi connectivity index (χ0) is 20.5. The van der Waals surface area contributed by atoms with Crippen molar-refractivity contribution >= 4 is 17.4 Å². The lowest BCUT2D eigenvalue weighted by Crippen LogP contribution is -2.44. The smallest absolute Gasteiger partial charge is 0.254 e. The highest BCUT2D eigenvalue weighted by molar-refractivity contribution is 5.94. The van der Waals surface area contributed by atoms with Crippen molar-refractivity contribution in [1.29, 1.82) is 0 Å². The van der Waals surface area contributed by atoms with E-state index >= 15 is 0 Å². The standard InChI is InChI=1S/C22H23FN2O4/c1-14-17-8-7-15(23)11-18(17)21(22(27)24-9-3-6-19(14)24)25(20(26)13-28-2)12-16-5-4-10-29-16/h4-5,7-8,10-11,21H,3,6,9,12-13H2,1-2H3. The molecule has 0 aliphatic carbocycles. The molecule has 6 nitrogen and oxygen atoms in total. The first kappa shape index (κ1) is 19.4. The molecule has 1 unspecified atom stereocenters. The number of carbonyl (C=O) groups excluding carboxylic acids is 2. The number of nitrogens with zero attached hydrogens (tertiary/aromatic N) is 2. The SMILES string of the molecule is COCC(=O)N(Cc1ccco1)C1C(=O)N2CCCC2=C(C)c2ccc(F)cc21. The van der Waals surface area contributed by atoms with Gasteiger partial charge in [0.15, 0.2) is 0 Å². The van der Waals surface area contributed by atoms with Crippen LogP contribution in [0.4, 0.5) is 4.39 Å². The van der Waals surface area contributed by atoms with E-state index in [4.69, 9.17) is 9.15 Å². The van der Waals surface area contributed by atoms with Crippen LogP contribution in [0.2, 0.25) is 0 Å². The molecule has 2 aromatic rings. The van der Waals surface area contributed by atoms with E-state index < -0.39 is 11.9 Å². The molecule has 2 aliphatic heterocycles. The molecule has 152 valence electrons. The molecule has 1 atom stereocenters. The van der Waals surface area contributed by atoms with E-state index in [1.165, 1.54) is 30.4 Å². The number of fused-ring (bicyclic) bond motifs is 2. The summed E-state index contributed by atoms with van der Waals surface area (Å²) in [5.41, 5.74) is 3.18. The molecule has 1 aromatic carbocycles. The third-order valence-corrected chi connectivity index (χ3v) is 5.57. The van der Waals surface area contributed by atoms with Crippen LogP contribution in [0, 0.1) is 5.82 Å². The van der Waals surface area contributed by atoms with Crippen LogP contribution in [0.15, 0.2) is 46.7 Å². The van der Waals surface area contributed by atoms with Gasteiger partial charge in [0.25, 0.3) is 5.91 Å². The summed E-state index contributed by atoms with van der Waals surface area (Å²) in [5.74, 6) is -0.496. The Bertz CT molecular complexity index is 967. The maximum atomic E-state index is 14.2. The van der Waals surface area contributed by atoms with Gasteiger partial charge < -0.3 is 19.0 Å². The largest absolute Gasteiger partial charge is 0.467 e. The molecule has 2 aliphatic rings. The maximum absolute atomic E-state index is 14.2. The molecule has 0 bridgehead atoms. The fraction of sp³-hybridized carbons (Fsp3) is 0.364. The number of hydrogen-bond acceptors (Lipinski definition) is 4. The molecule has 0 N–H and O–H groups in total. The molecule has 0 spiro atoms. The molecule has 7 heteroatoms. The van der Waals surface area contributed by atoms with E-state index in [0.29, 0.717) is 17.9 Å². The second-order valence-corrected chi connectivity index (χ2v) is 7.33. The van der Waals surface area contributed by atoms with Gasteiger partial charge in [0, 0.05) is 19.4 Å². The Morgan fingerprint density at radius 2 is 2.21 bits per heavy atom. The van der Waals surface area contributed by atoms with Crippen molar-refractivity contribution in [3.63, 3.8) is 0 Å². The predicted molar refractivity (Wildman–Crippen MR) is 104 cm³/mol. The zero-order valence-corrected chi connectivity index (χ0v) is 16.5. The third-order valence-electron chi connectivity index (χ3n) is 5.57. The summed E-state index contributed by atoms with van der Waals surface area (Å²) in [7, 11) is 1.43. The highest BCUT2D eigenvalue weighted by Crippen LogP contribution is 2.41. The molecule has 29 heavy (non-hydrogen) atoms. The van der Waals surface area contributed by atoms with Gasteiger partial charge in [-0.1, -0.05) is 6.07 Å². The monoisotopic (exact) mass is 398 g/mol. The normalized spacial score (nSPS) is 18.5. The van der Waals surface area contributed by atoms with Crippen LogP contribution in [0.25, 0.3) is 5.57 Å². The molecule has 4 rings (SSSR count). The van der Waals surface area contributed by atoms with Gasteiger partial charge in [-0.15, -0.1) is 0 Å². The minimum atomic E-state index is -0.959. The number of ether oxygens (including phenoxy) is 1. The lowest BCUT2D eigenvalue weighted by atomic mass is 9.94. The van der Waals surface area contributed by atoms with E-state index in [1.54, 1.807) is 23.1 Å².